The van der Waals surface area contributed by atoms with Gasteiger partial charge in [0, 0.05) is 6.07 Å². The van der Waals surface area contributed by atoms with E-state index in [2.05, 4.69) is 14.9 Å². The summed E-state index contributed by atoms with van der Waals surface area (Å²) in [5.74, 6) is -1.86. The van der Waals surface area contributed by atoms with Crippen molar-refractivity contribution in [3.63, 3.8) is 0 Å². The Morgan fingerprint density at radius 3 is 2.86 bits per heavy atom. The molecule has 0 amide bonds. The number of carboxylic acid groups (broad SMARTS) is 1. The summed E-state index contributed by atoms with van der Waals surface area (Å²) in [7, 11) is 0. The maximum Gasteiger partial charge on any atom is 0.332 e. The van der Waals surface area contributed by atoms with Gasteiger partial charge >= 0.3 is 5.97 Å². The van der Waals surface area contributed by atoms with Crippen molar-refractivity contribution in [3.05, 3.63) is 17.8 Å². The van der Waals surface area contributed by atoms with Gasteiger partial charge in [0.2, 0.25) is 5.88 Å². The lowest BCUT2D eigenvalue weighted by atomic mass is 10.3. The lowest BCUT2D eigenvalue weighted by Gasteiger charge is -1.90. The van der Waals surface area contributed by atoms with Crippen LogP contribution < -0.4 is 4.74 Å². The lowest BCUT2D eigenvalue weighted by molar-refractivity contribution is -0.131. The van der Waals surface area contributed by atoms with Crippen LogP contribution >= 0.6 is 0 Å². The number of ether oxygens (including phenoxy) is 1. The molecule has 0 aliphatic carbocycles. The van der Waals surface area contributed by atoms with Crippen LogP contribution in [0.2, 0.25) is 0 Å². The van der Waals surface area contributed by atoms with Gasteiger partial charge in [-0.1, -0.05) is 0 Å². The predicted molar refractivity (Wildman–Crippen MR) is 43.5 cm³/mol. The molecule has 0 saturated carbocycles. The van der Waals surface area contributed by atoms with Gasteiger partial charge in [0.05, 0.1) is 6.08 Å². The van der Waals surface area contributed by atoms with Crippen molar-refractivity contribution in [1.29, 1.82) is 0 Å². The fourth-order valence-electron chi connectivity index (χ4n) is 0.739. The molecule has 1 rings (SSSR count). The van der Waals surface area contributed by atoms with E-state index in [0.717, 1.165) is 0 Å². The molecule has 14 heavy (non-hydrogen) atoms. The summed E-state index contributed by atoms with van der Waals surface area (Å²) in [5, 5.41) is 23.2. The third-order valence-corrected chi connectivity index (χ3v) is 1.26. The van der Waals surface area contributed by atoms with Gasteiger partial charge in [-0.05, 0) is 0 Å². The molecule has 3 N–H and O–H groups in total. The summed E-state index contributed by atoms with van der Waals surface area (Å²) in [6, 6.07) is 1.18. The Bertz CT molecular complexity index is 381. The maximum atomic E-state index is 10.2. The first-order valence-electron chi connectivity index (χ1n) is 3.43. The number of nitrogens with one attached hydrogen (secondary N) is 1. The molecule has 7 nitrogen and oxygen atoms in total. The number of aromatic nitrogens is 2. The van der Waals surface area contributed by atoms with Crippen LogP contribution in [0.3, 0.4) is 0 Å². The average Bonchev–Trinajstić information content (AvgIpc) is 2.52. The zero-order valence-corrected chi connectivity index (χ0v) is 6.80. The van der Waals surface area contributed by atoms with Crippen LogP contribution in [0.4, 0.5) is 0 Å². The molecule has 1 aromatic heterocycles. The second-order valence-corrected chi connectivity index (χ2v) is 2.20. The normalized spacial score (nSPS) is 11.0. The number of H-pyrrole nitrogens is 1. The first-order chi connectivity index (χ1) is 6.63. The van der Waals surface area contributed by atoms with E-state index in [1.165, 1.54) is 6.07 Å². The van der Waals surface area contributed by atoms with Gasteiger partial charge in [0.1, 0.15) is 11.5 Å². The third kappa shape index (κ3) is 2.34. The quantitative estimate of drug-likeness (QED) is 0.354. The van der Waals surface area contributed by atoms with Gasteiger partial charge in [-0.25, -0.2) is 4.79 Å². The van der Waals surface area contributed by atoms with E-state index in [1.54, 1.807) is 0 Å². The minimum atomic E-state index is -1.30. The SMILES string of the molecule is O=COc1cc(/C(O)=C/C(=O)O)[nH]n1. The minimum Gasteiger partial charge on any atom is -0.505 e. The number of aliphatic carboxylic acids is 1. The molecular weight excluding hydrogens is 192 g/mol. The number of aromatic amines is 1. The largest absolute Gasteiger partial charge is 0.505 e. The van der Waals surface area contributed by atoms with Gasteiger partial charge < -0.3 is 14.9 Å². The van der Waals surface area contributed by atoms with E-state index in [9.17, 15) is 9.59 Å². The second kappa shape index (κ2) is 4.08. The highest BCUT2D eigenvalue weighted by Crippen LogP contribution is 2.13. The summed E-state index contributed by atoms with van der Waals surface area (Å²) >= 11 is 0. The van der Waals surface area contributed by atoms with Crippen LogP contribution in [0, 0.1) is 0 Å². The third-order valence-electron chi connectivity index (χ3n) is 1.26. The van der Waals surface area contributed by atoms with E-state index >= 15 is 0 Å². The highest BCUT2D eigenvalue weighted by Gasteiger charge is 2.06. The smallest absolute Gasteiger partial charge is 0.332 e. The van der Waals surface area contributed by atoms with E-state index in [-0.39, 0.29) is 18.0 Å². The van der Waals surface area contributed by atoms with Gasteiger partial charge in [0.15, 0.2) is 0 Å². The van der Waals surface area contributed by atoms with Crippen molar-refractivity contribution in [3.8, 4) is 5.88 Å². The molecule has 0 aliphatic heterocycles. The Kier molecular flexibility index (Phi) is 2.85. The Morgan fingerprint density at radius 1 is 1.57 bits per heavy atom. The van der Waals surface area contributed by atoms with Gasteiger partial charge in [-0.15, -0.1) is 5.10 Å². The van der Waals surface area contributed by atoms with E-state index in [4.69, 9.17) is 10.2 Å². The molecular formula is C7H6N2O5. The molecule has 0 fully saturated rings. The Hall–Kier alpha value is -2.31. The number of aliphatic hydroxyl groups excluding tert-OH is 1. The van der Waals surface area contributed by atoms with Crippen molar-refractivity contribution < 1.29 is 24.5 Å². The maximum absolute atomic E-state index is 10.2. The molecule has 0 bridgehead atoms. The molecule has 0 unspecified atom stereocenters. The molecule has 1 aromatic rings. The summed E-state index contributed by atoms with van der Waals surface area (Å²) in [6.45, 7) is 0.165. The van der Waals surface area contributed by atoms with Crippen molar-refractivity contribution in [2.45, 2.75) is 0 Å². The van der Waals surface area contributed by atoms with Gasteiger partial charge in [-0.3, -0.25) is 9.89 Å². The Morgan fingerprint density at radius 2 is 2.29 bits per heavy atom. The Labute approximate surface area is 77.6 Å². The molecule has 0 radical (unpaired) electrons. The van der Waals surface area contributed by atoms with Crippen LogP contribution in [-0.4, -0.2) is 32.9 Å². The van der Waals surface area contributed by atoms with Crippen LogP contribution in [-0.2, 0) is 9.59 Å². The Balaban J connectivity index is 2.85. The van der Waals surface area contributed by atoms with Crippen LogP contribution in [0.1, 0.15) is 5.69 Å². The molecule has 74 valence electrons. The molecule has 7 heteroatoms. The number of aliphatic hydroxyl groups is 1. The monoisotopic (exact) mass is 198 g/mol. The van der Waals surface area contributed by atoms with Crippen molar-refractivity contribution >= 4 is 18.2 Å². The van der Waals surface area contributed by atoms with E-state index < -0.39 is 11.7 Å². The van der Waals surface area contributed by atoms with Crippen molar-refractivity contribution in [2.75, 3.05) is 0 Å². The molecule has 0 saturated heterocycles. The lowest BCUT2D eigenvalue weighted by Crippen LogP contribution is -1.91. The fourth-order valence-corrected chi connectivity index (χ4v) is 0.739. The molecule has 0 aliphatic rings. The number of hydrogen-bond donors (Lipinski definition) is 3. The van der Waals surface area contributed by atoms with Gasteiger partial charge in [0.25, 0.3) is 6.47 Å². The van der Waals surface area contributed by atoms with E-state index in [0.29, 0.717) is 6.08 Å². The van der Waals surface area contributed by atoms with Crippen LogP contribution in [0.15, 0.2) is 12.1 Å². The molecule has 0 spiro atoms. The highest BCUT2D eigenvalue weighted by atomic mass is 16.5. The highest BCUT2D eigenvalue weighted by molar-refractivity contribution is 5.87. The summed E-state index contributed by atoms with van der Waals surface area (Å²) in [6.07, 6.45) is 0.582. The first kappa shape index (κ1) is 9.78. The average molecular weight is 198 g/mol. The topological polar surface area (TPSA) is 113 Å². The number of nitrogens with zero attached hydrogens (tertiary/aromatic N) is 1. The number of carbonyl (C=O) groups excluding carboxylic acids is 1. The summed E-state index contributed by atoms with van der Waals surface area (Å²) < 4.78 is 4.33. The predicted octanol–water partition coefficient (Wildman–Crippen LogP) is -0.0716. The number of hydrogen-bond acceptors (Lipinski definition) is 5. The molecule has 0 aromatic carbocycles. The van der Waals surface area contributed by atoms with Crippen molar-refractivity contribution in [1.82, 2.24) is 10.2 Å². The number of rotatable bonds is 4. The van der Waals surface area contributed by atoms with Gasteiger partial charge in [-0.2, -0.15) is 0 Å². The first-order valence-corrected chi connectivity index (χ1v) is 3.43. The van der Waals surface area contributed by atoms with Crippen molar-refractivity contribution in [2.24, 2.45) is 0 Å². The number of carbonyl (C=O) groups is 2. The van der Waals surface area contributed by atoms with Crippen LogP contribution in [0.25, 0.3) is 5.76 Å². The van der Waals surface area contributed by atoms with E-state index in [1.807, 2.05) is 0 Å². The zero-order valence-electron chi connectivity index (χ0n) is 6.80. The summed E-state index contributed by atoms with van der Waals surface area (Å²) in [5.41, 5.74) is 0.0456. The zero-order chi connectivity index (χ0) is 10.6. The molecule has 1 heterocycles. The standard InChI is InChI=1S/C7H6N2O5/c10-3-14-6-1-4(8-9-6)5(11)2-7(12)13/h1-3,11H,(H,8,9)(H,12,13)/b5-2-. The van der Waals surface area contributed by atoms with Crippen LogP contribution in [0.5, 0.6) is 5.88 Å². The fraction of sp³-hybridized carbons (Fsp3) is 0. The summed E-state index contributed by atoms with van der Waals surface area (Å²) in [4.78, 5) is 20.0. The molecule has 0 atom stereocenters. The number of carboxylic acids is 1. The minimum absolute atomic E-state index is 0.0456. The second-order valence-electron chi connectivity index (χ2n) is 2.20.